The standard InChI is InChI=1S/C24H25ClN6O3S2/c25-19-8-5-11-22(15-19)36(33,34)29-13-2-1-7-18-17-28-24-30-20-9-6-10-21(16-20)35(26,32)14-4-3-12-27-23(18)31-24/h5-6,8-11,15-17,26,29H,2-4,12-14H2,(H2,27,28,30,31). The van der Waals surface area contributed by atoms with E-state index in [1.807, 2.05) is 0 Å². The van der Waals surface area contributed by atoms with Gasteiger partial charge in [-0.1, -0.05) is 35.6 Å². The molecule has 4 N–H and O–H groups in total. The Morgan fingerprint density at radius 2 is 2.00 bits per heavy atom. The van der Waals surface area contributed by atoms with Gasteiger partial charge in [-0.2, -0.15) is 4.98 Å². The molecule has 1 aliphatic heterocycles. The van der Waals surface area contributed by atoms with Crippen molar-refractivity contribution in [1.82, 2.24) is 14.7 Å². The molecule has 1 atom stereocenters. The Balaban J connectivity index is 1.47. The van der Waals surface area contributed by atoms with Gasteiger partial charge in [0.15, 0.2) is 0 Å². The number of fused-ring (bicyclic) bond motifs is 4. The smallest absolute Gasteiger partial charge is 0.240 e. The van der Waals surface area contributed by atoms with E-state index >= 15 is 0 Å². The van der Waals surface area contributed by atoms with Gasteiger partial charge in [0.2, 0.25) is 16.0 Å². The number of halogens is 1. The van der Waals surface area contributed by atoms with Crippen molar-refractivity contribution < 1.29 is 12.6 Å². The lowest BCUT2D eigenvalue weighted by atomic mass is 10.2. The first kappa shape index (κ1) is 25.9. The lowest BCUT2D eigenvalue weighted by Gasteiger charge is -2.10. The van der Waals surface area contributed by atoms with E-state index in [1.54, 1.807) is 42.6 Å². The Morgan fingerprint density at radius 1 is 1.17 bits per heavy atom. The van der Waals surface area contributed by atoms with Crippen molar-refractivity contribution in [2.75, 3.05) is 29.5 Å². The molecule has 0 aliphatic carbocycles. The number of nitrogens with one attached hydrogen (secondary N) is 4. The minimum Gasteiger partial charge on any atom is -0.369 e. The molecule has 0 fully saturated rings. The number of sulfonamides is 1. The molecule has 3 aromatic rings. The quantitative estimate of drug-likeness (QED) is 0.285. The summed E-state index contributed by atoms with van der Waals surface area (Å²) in [5, 5.41) is 6.69. The van der Waals surface area contributed by atoms with E-state index in [4.69, 9.17) is 16.4 Å². The third-order valence-electron chi connectivity index (χ3n) is 5.28. The molecule has 1 unspecified atom stereocenters. The van der Waals surface area contributed by atoms with Crippen LogP contribution in [0.15, 0.2) is 64.5 Å². The van der Waals surface area contributed by atoms with Crippen LogP contribution >= 0.6 is 11.6 Å². The normalized spacial score (nSPS) is 17.7. The Kier molecular flexibility index (Phi) is 8.11. The van der Waals surface area contributed by atoms with Crippen molar-refractivity contribution in [3.05, 3.63) is 65.3 Å². The number of aromatic nitrogens is 2. The molecule has 0 saturated heterocycles. The van der Waals surface area contributed by atoms with E-state index in [9.17, 15) is 12.6 Å². The van der Waals surface area contributed by atoms with Crippen molar-refractivity contribution in [2.45, 2.75) is 29.1 Å². The summed E-state index contributed by atoms with van der Waals surface area (Å²) < 4.78 is 48.4. The molecule has 12 heteroatoms. The minimum absolute atomic E-state index is 0.0988. The Morgan fingerprint density at radius 3 is 2.83 bits per heavy atom. The summed E-state index contributed by atoms with van der Waals surface area (Å²) >= 11 is 5.88. The predicted molar refractivity (Wildman–Crippen MR) is 142 cm³/mol. The van der Waals surface area contributed by atoms with Gasteiger partial charge >= 0.3 is 0 Å². The molecular weight excluding hydrogens is 520 g/mol. The number of rotatable bonds is 4. The molecule has 0 saturated carbocycles. The Bertz CT molecular complexity index is 1530. The summed E-state index contributed by atoms with van der Waals surface area (Å²) in [4.78, 5) is 9.44. The van der Waals surface area contributed by atoms with Gasteiger partial charge in [0, 0.05) is 40.9 Å². The highest BCUT2D eigenvalue weighted by Gasteiger charge is 2.14. The van der Waals surface area contributed by atoms with Gasteiger partial charge in [0.25, 0.3) is 0 Å². The van der Waals surface area contributed by atoms with E-state index in [2.05, 4.69) is 37.2 Å². The summed E-state index contributed by atoms with van der Waals surface area (Å²) in [5.41, 5.74) is 1.22. The first-order valence-corrected chi connectivity index (χ1v) is 14.8. The van der Waals surface area contributed by atoms with Gasteiger partial charge in [-0.3, -0.25) is 0 Å². The van der Waals surface area contributed by atoms with Crippen LogP contribution in [-0.4, -0.2) is 41.4 Å². The van der Waals surface area contributed by atoms with Crippen LogP contribution < -0.4 is 15.4 Å². The second-order valence-electron chi connectivity index (χ2n) is 8.03. The number of hydrogen-bond acceptors (Lipinski definition) is 8. The van der Waals surface area contributed by atoms with Crippen molar-refractivity contribution in [2.24, 2.45) is 0 Å². The molecule has 36 heavy (non-hydrogen) atoms. The summed E-state index contributed by atoms with van der Waals surface area (Å²) in [5.74, 6) is 7.13. The fraction of sp³-hybridized carbons (Fsp3) is 0.250. The number of nitrogens with zero attached hydrogens (tertiary/aromatic N) is 2. The Hall–Kier alpha value is -3.17. The molecule has 4 bridgehead atoms. The largest absolute Gasteiger partial charge is 0.369 e. The lowest BCUT2D eigenvalue weighted by Crippen LogP contribution is -2.24. The summed E-state index contributed by atoms with van der Waals surface area (Å²) in [6.07, 6.45) is 3.21. The summed E-state index contributed by atoms with van der Waals surface area (Å²) in [6.45, 7) is 0.700. The van der Waals surface area contributed by atoms with E-state index in [1.165, 1.54) is 12.1 Å². The maximum Gasteiger partial charge on any atom is 0.240 e. The average molecular weight is 545 g/mol. The van der Waals surface area contributed by atoms with Crippen molar-refractivity contribution in [1.29, 1.82) is 4.78 Å². The highest BCUT2D eigenvalue weighted by atomic mass is 35.5. The van der Waals surface area contributed by atoms with Crippen LogP contribution in [0, 0.1) is 16.6 Å². The molecule has 1 aliphatic rings. The monoisotopic (exact) mass is 544 g/mol. The zero-order valence-electron chi connectivity index (χ0n) is 19.3. The van der Waals surface area contributed by atoms with Crippen LogP contribution in [0.1, 0.15) is 24.8 Å². The van der Waals surface area contributed by atoms with E-state index in [0.717, 1.165) is 0 Å². The van der Waals surface area contributed by atoms with Gasteiger partial charge in [0.1, 0.15) is 5.82 Å². The summed E-state index contributed by atoms with van der Waals surface area (Å²) in [7, 11) is -6.55. The van der Waals surface area contributed by atoms with Crippen molar-refractivity contribution in [3.63, 3.8) is 0 Å². The third-order valence-corrected chi connectivity index (χ3v) is 8.86. The molecule has 0 radical (unpaired) electrons. The zero-order chi connectivity index (χ0) is 25.6. The van der Waals surface area contributed by atoms with Gasteiger partial charge in [0.05, 0.1) is 26.4 Å². The van der Waals surface area contributed by atoms with Crippen LogP contribution in [0.25, 0.3) is 0 Å². The first-order chi connectivity index (χ1) is 17.2. The topological polar surface area (TPSA) is 137 Å². The van der Waals surface area contributed by atoms with Crippen LogP contribution in [0.5, 0.6) is 0 Å². The van der Waals surface area contributed by atoms with Crippen LogP contribution in [0.4, 0.5) is 17.5 Å². The predicted octanol–water partition coefficient (Wildman–Crippen LogP) is 4.21. The molecule has 2 aromatic carbocycles. The first-order valence-electron chi connectivity index (χ1n) is 11.2. The van der Waals surface area contributed by atoms with Crippen molar-refractivity contribution >= 4 is 48.8 Å². The average Bonchev–Trinajstić information content (AvgIpc) is 2.85. The third kappa shape index (κ3) is 6.73. The second-order valence-corrected chi connectivity index (χ2v) is 12.5. The molecule has 0 amide bonds. The second kappa shape index (κ2) is 11.3. The molecule has 9 nitrogen and oxygen atoms in total. The molecule has 4 rings (SSSR count). The Labute approximate surface area is 216 Å². The van der Waals surface area contributed by atoms with Gasteiger partial charge in [-0.25, -0.2) is 27.1 Å². The molecule has 188 valence electrons. The maximum absolute atomic E-state index is 12.8. The van der Waals surface area contributed by atoms with Crippen LogP contribution in [0.3, 0.4) is 0 Å². The van der Waals surface area contributed by atoms with Gasteiger partial charge in [-0.05, 0) is 49.2 Å². The van der Waals surface area contributed by atoms with E-state index < -0.39 is 19.8 Å². The maximum atomic E-state index is 12.8. The van der Waals surface area contributed by atoms with Crippen LogP contribution in [-0.2, 0) is 19.8 Å². The number of benzene rings is 2. The lowest BCUT2D eigenvalue weighted by molar-refractivity contribution is 0.582. The molecule has 0 spiro atoms. The minimum atomic E-state index is -3.67. The molecule has 1 aromatic heterocycles. The molecular formula is C24H25ClN6O3S2. The SMILES string of the molecule is N=S1(=O)CCCCNc2nc(ncc2C#CCCNS(=O)(=O)c2cccc(Cl)c2)Nc2cccc1c2. The zero-order valence-corrected chi connectivity index (χ0v) is 21.6. The van der Waals surface area contributed by atoms with Crippen LogP contribution in [0.2, 0.25) is 5.02 Å². The highest BCUT2D eigenvalue weighted by molar-refractivity contribution is 7.92. The van der Waals surface area contributed by atoms with E-state index in [-0.39, 0.29) is 23.6 Å². The van der Waals surface area contributed by atoms with Gasteiger partial charge < -0.3 is 10.6 Å². The summed E-state index contributed by atoms with van der Waals surface area (Å²) in [6, 6.07) is 13.0. The number of hydrogen-bond donors (Lipinski definition) is 4. The number of anilines is 3. The van der Waals surface area contributed by atoms with Crippen molar-refractivity contribution in [3.8, 4) is 11.8 Å². The van der Waals surface area contributed by atoms with Gasteiger partial charge in [-0.15, -0.1) is 0 Å². The fourth-order valence-corrected chi connectivity index (χ4v) is 6.25. The highest BCUT2D eigenvalue weighted by Crippen LogP contribution is 2.23. The molecule has 2 heterocycles. The van der Waals surface area contributed by atoms with E-state index in [0.29, 0.717) is 52.3 Å². The fourth-order valence-electron chi connectivity index (χ4n) is 3.45.